The van der Waals surface area contributed by atoms with E-state index in [9.17, 15) is 4.79 Å². The van der Waals surface area contributed by atoms with E-state index in [1.54, 1.807) is 7.11 Å². The fourth-order valence-corrected chi connectivity index (χ4v) is 4.59. The van der Waals surface area contributed by atoms with E-state index >= 15 is 0 Å². The molecule has 0 bridgehead atoms. The minimum absolute atomic E-state index is 0.0481. The van der Waals surface area contributed by atoms with Crippen molar-refractivity contribution in [2.45, 2.75) is 38.3 Å². The number of rotatable bonds is 6. The van der Waals surface area contributed by atoms with E-state index in [1.165, 1.54) is 0 Å². The summed E-state index contributed by atoms with van der Waals surface area (Å²) in [5.41, 5.74) is 3.36. The van der Waals surface area contributed by atoms with Crippen LogP contribution in [0.15, 0.2) is 41.0 Å². The van der Waals surface area contributed by atoms with Crippen LogP contribution in [0.4, 0.5) is 0 Å². The third-order valence-electron chi connectivity index (χ3n) is 6.40. The van der Waals surface area contributed by atoms with Gasteiger partial charge >= 0.3 is 0 Å². The predicted octanol–water partition coefficient (Wildman–Crippen LogP) is 3.51. The number of likely N-dealkylation sites (tertiary alicyclic amines) is 2. The van der Waals surface area contributed by atoms with Crippen LogP contribution in [0.1, 0.15) is 41.6 Å². The van der Waals surface area contributed by atoms with Crippen molar-refractivity contribution in [2.24, 2.45) is 0 Å². The number of hydrogen-bond donors (Lipinski definition) is 0. The monoisotopic (exact) mass is 436 g/mol. The highest BCUT2D eigenvalue weighted by Gasteiger charge is 2.26. The van der Waals surface area contributed by atoms with E-state index in [-0.39, 0.29) is 12.0 Å². The Kier molecular flexibility index (Phi) is 5.94. The van der Waals surface area contributed by atoms with E-state index in [0.29, 0.717) is 17.1 Å². The second-order valence-corrected chi connectivity index (χ2v) is 8.50. The van der Waals surface area contributed by atoms with Gasteiger partial charge in [0.05, 0.1) is 12.7 Å². The van der Waals surface area contributed by atoms with Gasteiger partial charge < -0.3 is 14.4 Å². The molecule has 0 N–H and O–H groups in total. The van der Waals surface area contributed by atoms with Gasteiger partial charge in [0, 0.05) is 38.8 Å². The Morgan fingerprint density at radius 2 is 1.91 bits per heavy atom. The van der Waals surface area contributed by atoms with Crippen molar-refractivity contribution in [1.82, 2.24) is 20.1 Å². The highest BCUT2D eigenvalue weighted by atomic mass is 16.6. The Bertz CT molecular complexity index is 1080. The molecule has 0 radical (unpaired) electrons. The summed E-state index contributed by atoms with van der Waals surface area (Å²) in [6, 6.07) is 11.5. The molecule has 1 amide bonds. The number of carbonyl (C=O) groups is 1. The number of fused-ring (bicyclic) bond motifs is 1. The molecule has 168 valence electrons. The lowest BCUT2D eigenvalue weighted by Crippen LogP contribution is -2.38. The van der Waals surface area contributed by atoms with E-state index in [4.69, 9.17) is 14.1 Å². The molecule has 2 fully saturated rings. The Morgan fingerprint density at radius 1 is 1.09 bits per heavy atom. The number of aromatic nitrogens is 2. The average molecular weight is 437 g/mol. The largest absolute Gasteiger partial charge is 0.497 e. The van der Waals surface area contributed by atoms with Gasteiger partial charge in [-0.15, -0.1) is 0 Å². The van der Waals surface area contributed by atoms with Crippen molar-refractivity contribution in [3.05, 3.63) is 47.5 Å². The summed E-state index contributed by atoms with van der Waals surface area (Å²) in [5, 5.41) is 7.98. The van der Waals surface area contributed by atoms with Crippen molar-refractivity contribution in [1.29, 1.82) is 0 Å². The molecule has 0 aliphatic carbocycles. The first-order valence-electron chi connectivity index (χ1n) is 11.3. The molecule has 2 saturated heterocycles. The summed E-state index contributed by atoms with van der Waals surface area (Å²) in [6.45, 7) is 4.25. The maximum Gasteiger partial charge on any atom is 0.257 e. The van der Waals surface area contributed by atoms with Crippen LogP contribution >= 0.6 is 0 Å². The van der Waals surface area contributed by atoms with Crippen LogP contribution in [-0.4, -0.2) is 65.4 Å². The van der Waals surface area contributed by atoms with E-state index in [2.05, 4.69) is 21.3 Å². The minimum atomic E-state index is 0.0481. The summed E-state index contributed by atoms with van der Waals surface area (Å²) in [5.74, 6) is 1.37. The van der Waals surface area contributed by atoms with Crippen LogP contribution in [0.3, 0.4) is 0 Å². The molecule has 3 heterocycles. The highest BCUT2D eigenvalue weighted by molar-refractivity contribution is 5.97. The van der Waals surface area contributed by atoms with Gasteiger partial charge in [0.1, 0.15) is 28.6 Å². The molecule has 3 aromatic rings. The maximum atomic E-state index is 13.0. The third kappa shape index (κ3) is 4.27. The Morgan fingerprint density at radius 3 is 2.69 bits per heavy atom. The van der Waals surface area contributed by atoms with Gasteiger partial charge in [-0.2, -0.15) is 0 Å². The standard InChI is InChI=1S/C24H28N4O4/c1-30-19-7-8-20(24(29)28-11-2-3-12-28)22(15-19)31-18-9-13-27(14-10-18)16-17-5-4-6-21-23(17)26-32-25-21/h4-8,15,18H,2-3,9-14,16H2,1H3. The fraction of sp³-hybridized carbons (Fsp3) is 0.458. The summed E-state index contributed by atoms with van der Waals surface area (Å²) >= 11 is 0. The molecule has 8 heteroatoms. The molecule has 8 nitrogen and oxygen atoms in total. The summed E-state index contributed by atoms with van der Waals surface area (Å²) in [4.78, 5) is 17.3. The van der Waals surface area contributed by atoms with Gasteiger partial charge in [-0.1, -0.05) is 12.1 Å². The molecular weight excluding hydrogens is 408 g/mol. The summed E-state index contributed by atoms with van der Waals surface area (Å²) in [7, 11) is 1.63. The number of piperidine rings is 1. The van der Waals surface area contributed by atoms with Crippen molar-refractivity contribution >= 4 is 16.9 Å². The van der Waals surface area contributed by atoms with Crippen molar-refractivity contribution in [3.8, 4) is 11.5 Å². The molecule has 2 aliphatic heterocycles. The quantitative estimate of drug-likeness (QED) is 0.585. The molecule has 0 spiro atoms. The second kappa shape index (κ2) is 9.16. The van der Waals surface area contributed by atoms with E-state index in [0.717, 1.165) is 75.0 Å². The molecule has 0 unspecified atom stereocenters. The first kappa shape index (κ1) is 20.8. The number of benzene rings is 2. The number of ether oxygens (including phenoxy) is 2. The number of carbonyl (C=O) groups excluding carboxylic acids is 1. The number of methoxy groups -OCH3 is 1. The van der Waals surface area contributed by atoms with Crippen LogP contribution < -0.4 is 9.47 Å². The maximum absolute atomic E-state index is 13.0. The van der Waals surface area contributed by atoms with Crippen LogP contribution in [-0.2, 0) is 6.54 Å². The van der Waals surface area contributed by atoms with Gasteiger partial charge in [-0.3, -0.25) is 9.69 Å². The smallest absolute Gasteiger partial charge is 0.257 e. The first-order valence-corrected chi connectivity index (χ1v) is 11.3. The van der Waals surface area contributed by atoms with Crippen LogP contribution in [0, 0.1) is 0 Å². The molecule has 2 aromatic carbocycles. The van der Waals surface area contributed by atoms with Crippen LogP contribution in [0.5, 0.6) is 11.5 Å². The lowest BCUT2D eigenvalue weighted by Gasteiger charge is -2.32. The lowest BCUT2D eigenvalue weighted by atomic mass is 10.1. The Balaban J connectivity index is 1.24. The van der Waals surface area contributed by atoms with Gasteiger partial charge in [0.15, 0.2) is 0 Å². The van der Waals surface area contributed by atoms with Crippen molar-refractivity contribution < 1.29 is 18.9 Å². The normalized spacial score (nSPS) is 17.7. The van der Waals surface area contributed by atoms with Crippen molar-refractivity contribution in [2.75, 3.05) is 33.3 Å². The van der Waals surface area contributed by atoms with Gasteiger partial charge in [0.2, 0.25) is 0 Å². The molecular formula is C24H28N4O4. The fourth-order valence-electron chi connectivity index (χ4n) is 4.59. The Hall–Kier alpha value is -3.13. The average Bonchev–Trinajstić information content (AvgIpc) is 3.53. The summed E-state index contributed by atoms with van der Waals surface area (Å²) < 4.78 is 16.6. The van der Waals surface area contributed by atoms with Gasteiger partial charge in [-0.25, -0.2) is 4.63 Å². The molecule has 1 aromatic heterocycles. The van der Waals surface area contributed by atoms with Crippen LogP contribution in [0.2, 0.25) is 0 Å². The number of amides is 1. The van der Waals surface area contributed by atoms with Crippen molar-refractivity contribution in [3.63, 3.8) is 0 Å². The van der Waals surface area contributed by atoms with Gasteiger partial charge in [0.25, 0.3) is 5.91 Å². The third-order valence-corrected chi connectivity index (χ3v) is 6.40. The van der Waals surface area contributed by atoms with E-state index < -0.39 is 0 Å². The zero-order valence-corrected chi connectivity index (χ0v) is 18.3. The lowest BCUT2D eigenvalue weighted by molar-refractivity contribution is 0.0764. The van der Waals surface area contributed by atoms with Crippen LogP contribution in [0.25, 0.3) is 11.0 Å². The highest BCUT2D eigenvalue weighted by Crippen LogP contribution is 2.30. The van der Waals surface area contributed by atoms with E-state index in [1.807, 2.05) is 35.2 Å². The minimum Gasteiger partial charge on any atom is -0.497 e. The zero-order chi connectivity index (χ0) is 21.9. The zero-order valence-electron chi connectivity index (χ0n) is 18.3. The molecule has 0 atom stereocenters. The Labute approximate surface area is 187 Å². The SMILES string of the molecule is COc1ccc(C(=O)N2CCCC2)c(OC2CCN(Cc3cccc4nonc34)CC2)c1. The first-order chi connectivity index (χ1) is 15.7. The molecule has 2 aliphatic rings. The summed E-state index contributed by atoms with van der Waals surface area (Å²) in [6.07, 6.45) is 3.97. The topological polar surface area (TPSA) is 80.9 Å². The second-order valence-electron chi connectivity index (χ2n) is 8.50. The predicted molar refractivity (Wildman–Crippen MR) is 119 cm³/mol. The number of hydrogen-bond acceptors (Lipinski definition) is 7. The molecule has 32 heavy (non-hydrogen) atoms. The molecule has 5 rings (SSSR count). The number of nitrogens with zero attached hydrogens (tertiary/aromatic N) is 4. The van der Waals surface area contributed by atoms with Gasteiger partial charge in [-0.05, 0) is 59.8 Å². The molecule has 0 saturated carbocycles.